The van der Waals surface area contributed by atoms with Gasteiger partial charge in [0.1, 0.15) is 0 Å². The van der Waals surface area contributed by atoms with Gasteiger partial charge >= 0.3 is 0 Å². The fourth-order valence-electron chi connectivity index (χ4n) is 3.76. The zero-order valence-corrected chi connectivity index (χ0v) is 20.4. The molecule has 3 rings (SSSR count). The highest BCUT2D eigenvalue weighted by Crippen LogP contribution is 2.41. The molecule has 2 fully saturated rings. The van der Waals surface area contributed by atoms with Crippen LogP contribution < -0.4 is 16.0 Å². The molecule has 1 aromatic rings. The lowest BCUT2D eigenvalue weighted by Crippen LogP contribution is -2.50. The second-order valence-corrected chi connectivity index (χ2v) is 8.20. The second kappa shape index (κ2) is 12.0. The molecule has 29 heavy (non-hydrogen) atoms. The maximum atomic E-state index is 11.9. The normalized spacial score (nSPS) is 22.5. The van der Waals surface area contributed by atoms with Crippen LogP contribution in [0.4, 0.5) is 0 Å². The summed E-state index contributed by atoms with van der Waals surface area (Å²) in [5, 5.41) is 10.8. The van der Waals surface area contributed by atoms with Gasteiger partial charge in [0.25, 0.3) is 0 Å². The van der Waals surface area contributed by atoms with Crippen molar-refractivity contribution in [3.63, 3.8) is 0 Å². The summed E-state index contributed by atoms with van der Waals surface area (Å²) in [7, 11) is 1.82. The SMILES string of the molecule is CCCNC(=O)CN1CCC(NC(=NC)NC2CC2c2cccc(Cl)c2)CC1.I. The molecule has 2 unspecified atom stereocenters. The van der Waals surface area contributed by atoms with Gasteiger partial charge < -0.3 is 16.0 Å². The standard InChI is InChI=1S/C21H32ClN5O.HI/c1-3-9-24-20(28)14-27-10-7-17(8-11-27)25-21(23-2)26-19-13-18(19)15-5-4-6-16(22)12-15;/h4-6,12,17-19H,3,7-11,13-14H2,1-2H3,(H,24,28)(H2,23,25,26);1H. The van der Waals surface area contributed by atoms with Crippen LogP contribution in [0.15, 0.2) is 29.3 Å². The van der Waals surface area contributed by atoms with Gasteiger partial charge in [-0.2, -0.15) is 0 Å². The molecule has 6 nitrogen and oxygen atoms in total. The minimum Gasteiger partial charge on any atom is -0.355 e. The lowest BCUT2D eigenvalue weighted by atomic mass is 10.1. The number of hydrogen-bond donors (Lipinski definition) is 3. The van der Waals surface area contributed by atoms with Crippen LogP contribution in [0.2, 0.25) is 5.02 Å². The highest BCUT2D eigenvalue weighted by molar-refractivity contribution is 14.0. The first-order chi connectivity index (χ1) is 13.6. The van der Waals surface area contributed by atoms with E-state index in [9.17, 15) is 4.79 Å². The Bertz CT molecular complexity index is 693. The molecular weight excluding hydrogens is 501 g/mol. The second-order valence-electron chi connectivity index (χ2n) is 7.76. The minimum atomic E-state index is 0. The zero-order chi connectivity index (χ0) is 19.9. The van der Waals surface area contributed by atoms with E-state index in [2.05, 4.69) is 44.9 Å². The van der Waals surface area contributed by atoms with E-state index in [1.807, 2.05) is 19.2 Å². The van der Waals surface area contributed by atoms with E-state index in [1.54, 1.807) is 0 Å². The first-order valence-electron chi connectivity index (χ1n) is 10.3. The summed E-state index contributed by atoms with van der Waals surface area (Å²) < 4.78 is 0. The predicted octanol–water partition coefficient (Wildman–Crippen LogP) is 2.97. The molecular formula is C21H33ClIN5O. The van der Waals surface area contributed by atoms with Crippen molar-refractivity contribution < 1.29 is 4.79 Å². The highest BCUT2D eigenvalue weighted by Gasteiger charge is 2.39. The Balaban J connectivity index is 0.00000300. The van der Waals surface area contributed by atoms with E-state index in [-0.39, 0.29) is 29.9 Å². The summed E-state index contributed by atoms with van der Waals surface area (Å²) in [5.74, 6) is 1.50. The van der Waals surface area contributed by atoms with Crippen LogP contribution in [0, 0.1) is 0 Å². The lowest BCUT2D eigenvalue weighted by Gasteiger charge is -2.32. The van der Waals surface area contributed by atoms with Gasteiger partial charge in [-0.05, 0) is 43.4 Å². The Morgan fingerprint density at radius 3 is 2.69 bits per heavy atom. The minimum absolute atomic E-state index is 0. The predicted molar refractivity (Wildman–Crippen MR) is 130 cm³/mol. The number of rotatable bonds is 7. The van der Waals surface area contributed by atoms with Gasteiger partial charge in [-0.1, -0.05) is 30.7 Å². The van der Waals surface area contributed by atoms with E-state index in [4.69, 9.17) is 11.6 Å². The molecule has 2 atom stereocenters. The van der Waals surface area contributed by atoms with E-state index in [0.717, 1.165) is 56.3 Å². The van der Waals surface area contributed by atoms with Gasteiger partial charge in [0, 0.05) is 49.7 Å². The molecule has 0 spiro atoms. The van der Waals surface area contributed by atoms with Crippen LogP contribution in [-0.2, 0) is 4.79 Å². The number of benzene rings is 1. The number of nitrogens with zero attached hydrogens (tertiary/aromatic N) is 2. The summed E-state index contributed by atoms with van der Waals surface area (Å²) in [5.41, 5.74) is 1.29. The zero-order valence-electron chi connectivity index (χ0n) is 17.3. The number of carbonyl (C=O) groups is 1. The van der Waals surface area contributed by atoms with Crippen molar-refractivity contribution in [2.45, 2.75) is 50.6 Å². The average molecular weight is 534 g/mol. The number of hydrogen-bond acceptors (Lipinski definition) is 3. The monoisotopic (exact) mass is 533 g/mol. The van der Waals surface area contributed by atoms with Crippen molar-refractivity contribution in [3.8, 4) is 0 Å². The van der Waals surface area contributed by atoms with Crippen LogP contribution >= 0.6 is 35.6 Å². The third-order valence-electron chi connectivity index (χ3n) is 5.48. The van der Waals surface area contributed by atoms with Crippen LogP contribution in [-0.4, -0.2) is 62.1 Å². The summed E-state index contributed by atoms with van der Waals surface area (Å²) in [6.45, 7) is 5.20. The van der Waals surface area contributed by atoms with Crippen molar-refractivity contribution in [1.29, 1.82) is 0 Å². The molecule has 0 bridgehead atoms. The fraction of sp³-hybridized carbons (Fsp3) is 0.619. The lowest BCUT2D eigenvalue weighted by molar-refractivity contribution is -0.122. The van der Waals surface area contributed by atoms with Crippen LogP contribution in [0.3, 0.4) is 0 Å². The van der Waals surface area contributed by atoms with Crippen molar-refractivity contribution in [1.82, 2.24) is 20.9 Å². The molecule has 1 aliphatic carbocycles. The third-order valence-corrected chi connectivity index (χ3v) is 5.72. The topological polar surface area (TPSA) is 68.8 Å². The quantitative estimate of drug-likeness (QED) is 0.286. The molecule has 0 radical (unpaired) electrons. The summed E-state index contributed by atoms with van der Waals surface area (Å²) in [6.07, 6.45) is 4.11. The molecule has 2 aliphatic rings. The van der Waals surface area contributed by atoms with Crippen molar-refractivity contribution >= 4 is 47.4 Å². The van der Waals surface area contributed by atoms with Gasteiger partial charge in [0.15, 0.2) is 5.96 Å². The Kier molecular flexibility index (Phi) is 9.98. The summed E-state index contributed by atoms with van der Waals surface area (Å²) in [4.78, 5) is 18.5. The van der Waals surface area contributed by atoms with E-state index in [0.29, 0.717) is 24.5 Å². The molecule has 1 amide bonds. The maximum Gasteiger partial charge on any atom is 0.234 e. The van der Waals surface area contributed by atoms with Gasteiger partial charge in [0.2, 0.25) is 5.91 Å². The Morgan fingerprint density at radius 2 is 2.03 bits per heavy atom. The molecule has 1 aliphatic heterocycles. The number of nitrogens with one attached hydrogen (secondary N) is 3. The van der Waals surface area contributed by atoms with Gasteiger partial charge in [-0.25, -0.2) is 0 Å². The molecule has 0 aromatic heterocycles. The molecule has 1 saturated carbocycles. The van der Waals surface area contributed by atoms with Crippen molar-refractivity contribution in [2.75, 3.05) is 33.2 Å². The van der Waals surface area contributed by atoms with E-state index >= 15 is 0 Å². The van der Waals surface area contributed by atoms with Gasteiger partial charge in [0.05, 0.1) is 6.54 Å². The van der Waals surface area contributed by atoms with E-state index in [1.165, 1.54) is 5.56 Å². The summed E-state index contributed by atoms with van der Waals surface area (Å²) >= 11 is 6.11. The molecule has 8 heteroatoms. The molecule has 1 saturated heterocycles. The number of halogens is 2. The largest absolute Gasteiger partial charge is 0.355 e. The van der Waals surface area contributed by atoms with E-state index < -0.39 is 0 Å². The first-order valence-corrected chi connectivity index (χ1v) is 10.7. The number of aliphatic imine (C=N–C) groups is 1. The number of piperidine rings is 1. The Hall–Kier alpha value is -1.06. The van der Waals surface area contributed by atoms with Crippen molar-refractivity contribution in [2.24, 2.45) is 4.99 Å². The molecule has 1 heterocycles. The number of carbonyl (C=O) groups excluding carboxylic acids is 1. The van der Waals surface area contributed by atoms with Crippen LogP contribution in [0.1, 0.15) is 44.1 Å². The third kappa shape index (κ3) is 7.61. The van der Waals surface area contributed by atoms with Gasteiger partial charge in [-0.15, -0.1) is 24.0 Å². The number of amides is 1. The Morgan fingerprint density at radius 1 is 1.28 bits per heavy atom. The highest BCUT2D eigenvalue weighted by atomic mass is 127. The van der Waals surface area contributed by atoms with Crippen LogP contribution in [0.5, 0.6) is 0 Å². The average Bonchev–Trinajstić information content (AvgIpc) is 3.46. The smallest absolute Gasteiger partial charge is 0.234 e. The van der Waals surface area contributed by atoms with Gasteiger partial charge in [-0.3, -0.25) is 14.7 Å². The number of guanidine groups is 1. The summed E-state index contributed by atoms with van der Waals surface area (Å²) in [6, 6.07) is 8.92. The number of likely N-dealkylation sites (tertiary alicyclic amines) is 1. The molecule has 1 aromatic carbocycles. The maximum absolute atomic E-state index is 11.9. The Labute approximate surface area is 196 Å². The molecule has 3 N–H and O–H groups in total. The van der Waals surface area contributed by atoms with Crippen molar-refractivity contribution in [3.05, 3.63) is 34.9 Å². The fourth-order valence-corrected chi connectivity index (χ4v) is 3.96. The molecule has 162 valence electrons. The van der Waals surface area contributed by atoms with Crippen LogP contribution in [0.25, 0.3) is 0 Å². The first kappa shape index (κ1) is 24.2.